The number of nitrogens with zero attached hydrogens (tertiary/aromatic N) is 3. The molecule has 0 saturated carbocycles. The number of benzene rings is 1. The van der Waals surface area contributed by atoms with Crippen molar-refractivity contribution in [1.82, 2.24) is 9.55 Å². The van der Waals surface area contributed by atoms with E-state index in [0.717, 1.165) is 22.9 Å². The summed E-state index contributed by atoms with van der Waals surface area (Å²) >= 11 is 1.83. The highest BCUT2D eigenvalue weighted by Crippen LogP contribution is 2.25. The molecule has 0 bridgehead atoms. The summed E-state index contributed by atoms with van der Waals surface area (Å²) in [7, 11) is 2.01. The molecule has 0 fully saturated rings. The Balaban J connectivity index is 1.74. The Hall–Kier alpha value is -1.55. The van der Waals surface area contributed by atoms with Crippen molar-refractivity contribution in [2.24, 2.45) is 12.0 Å². The summed E-state index contributed by atoms with van der Waals surface area (Å²) in [6.45, 7) is 0. The molecule has 3 nitrogen and oxygen atoms in total. The van der Waals surface area contributed by atoms with Gasteiger partial charge in [0.15, 0.2) is 0 Å². The molecule has 0 radical (unpaired) electrons. The fourth-order valence-corrected chi connectivity index (χ4v) is 3.22. The highest BCUT2D eigenvalue weighted by Gasteiger charge is 2.21. The van der Waals surface area contributed by atoms with E-state index in [0.29, 0.717) is 6.04 Å². The van der Waals surface area contributed by atoms with Crippen molar-refractivity contribution in [2.45, 2.75) is 12.5 Å². The van der Waals surface area contributed by atoms with Gasteiger partial charge in [0.05, 0.1) is 24.3 Å². The van der Waals surface area contributed by atoms with Gasteiger partial charge >= 0.3 is 0 Å². The first-order valence-corrected chi connectivity index (χ1v) is 7.03. The summed E-state index contributed by atoms with van der Waals surface area (Å²) in [4.78, 5) is 8.95. The maximum Gasteiger partial charge on any atom is 0.116 e. The topological polar surface area (TPSA) is 30.2 Å². The molecule has 0 amide bonds. The second-order valence-electron chi connectivity index (χ2n) is 4.48. The third kappa shape index (κ3) is 2.34. The maximum absolute atomic E-state index is 4.81. The zero-order valence-corrected chi connectivity index (χ0v) is 11.1. The summed E-state index contributed by atoms with van der Waals surface area (Å²) < 4.78 is 2.02. The predicted molar refractivity (Wildman–Crippen MR) is 76.1 cm³/mol. The van der Waals surface area contributed by atoms with Crippen LogP contribution < -0.4 is 0 Å². The van der Waals surface area contributed by atoms with E-state index in [2.05, 4.69) is 35.3 Å². The van der Waals surface area contributed by atoms with Gasteiger partial charge in [-0.2, -0.15) is 0 Å². The second-order valence-corrected chi connectivity index (χ2v) is 5.49. The molecule has 1 aromatic heterocycles. The highest BCUT2D eigenvalue weighted by atomic mass is 32.2. The Morgan fingerprint density at radius 1 is 1.33 bits per heavy atom. The van der Waals surface area contributed by atoms with Crippen LogP contribution in [-0.4, -0.2) is 26.4 Å². The minimum Gasteiger partial charge on any atom is -0.332 e. The van der Waals surface area contributed by atoms with Crippen molar-refractivity contribution in [1.29, 1.82) is 0 Å². The van der Waals surface area contributed by atoms with Crippen LogP contribution in [0.25, 0.3) is 0 Å². The zero-order chi connectivity index (χ0) is 12.4. The average molecular weight is 257 g/mol. The molecule has 92 valence electrons. The van der Waals surface area contributed by atoms with Crippen molar-refractivity contribution < 1.29 is 0 Å². The molecule has 1 aliphatic rings. The minimum atomic E-state index is 0.391. The predicted octanol–water partition coefficient (Wildman–Crippen LogP) is 2.52. The lowest BCUT2D eigenvalue weighted by Crippen LogP contribution is -2.07. The van der Waals surface area contributed by atoms with Gasteiger partial charge in [0, 0.05) is 12.8 Å². The van der Waals surface area contributed by atoms with Crippen molar-refractivity contribution in [3.8, 4) is 0 Å². The van der Waals surface area contributed by atoms with Gasteiger partial charge in [-0.25, -0.2) is 4.98 Å². The van der Waals surface area contributed by atoms with E-state index in [4.69, 9.17) is 4.99 Å². The van der Waals surface area contributed by atoms with Crippen LogP contribution in [0.3, 0.4) is 0 Å². The van der Waals surface area contributed by atoms with Crippen molar-refractivity contribution in [3.05, 3.63) is 54.1 Å². The number of rotatable bonds is 3. The smallest absolute Gasteiger partial charge is 0.116 e. The van der Waals surface area contributed by atoms with Crippen molar-refractivity contribution in [3.63, 3.8) is 0 Å². The Bertz CT molecular complexity index is 559. The van der Waals surface area contributed by atoms with Crippen LogP contribution >= 0.6 is 11.8 Å². The largest absolute Gasteiger partial charge is 0.332 e. The lowest BCUT2D eigenvalue weighted by Gasteiger charge is -2.04. The first kappa shape index (κ1) is 11.5. The summed E-state index contributed by atoms with van der Waals surface area (Å²) in [5, 5.41) is 1.12. The summed E-state index contributed by atoms with van der Waals surface area (Å²) in [5.74, 6) is 1.06. The van der Waals surface area contributed by atoms with Gasteiger partial charge in [0.1, 0.15) is 5.04 Å². The van der Waals surface area contributed by atoms with E-state index in [1.165, 1.54) is 5.56 Å². The van der Waals surface area contributed by atoms with Crippen LogP contribution in [0.1, 0.15) is 11.3 Å². The lowest BCUT2D eigenvalue weighted by atomic mass is 10.1. The summed E-state index contributed by atoms with van der Waals surface area (Å²) in [5.41, 5.74) is 2.48. The Kier molecular flexibility index (Phi) is 3.19. The van der Waals surface area contributed by atoms with E-state index in [-0.39, 0.29) is 0 Å². The Labute approximate surface area is 111 Å². The van der Waals surface area contributed by atoms with Crippen LogP contribution in [0.2, 0.25) is 0 Å². The quantitative estimate of drug-likeness (QED) is 0.846. The standard InChI is InChI=1S/C14H15N3S/c1-17-10-15-8-13(17)14-16-12(9-18-14)7-11-5-3-2-4-6-11/h2-6,8,10,12H,7,9H2,1H3. The number of hydrogen-bond acceptors (Lipinski definition) is 3. The van der Waals surface area contributed by atoms with Crippen LogP contribution in [0.15, 0.2) is 47.8 Å². The van der Waals surface area contributed by atoms with Gasteiger partial charge in [0.25, 0.3) is 0 Å². The number of aryl methyl sites for hydroxylation is 1. The van der Waals surface area contributed by atoms with E-state index in [1.54, 1.807) is 0 Å². The maximum atomic E-state index is 4.81. The van der Waals surface area contributed by atoms with Crippen molar-refractivity contribution in [2.75, 3.05) is 5.75 Å². The van der Waals surface area contributed by atoms with E-state index >= 15 is 0 Å². The Morgan fingerprint density at radius 3 is 2.89 bits per heavy atom. The molecule has 0 aliphatic carbocycles. The van der Waals surface area contributed by atoms with Gasteiger partial charge in [-0.3, -0.25) is 4.99 Å². The van der Waals surface area contributed by atoms with E-state index in [9.17, 15) is 0 Å². The molecule has 1 unspecified atom stereocenters. The number of aromatic nitrogens is 2. The molecule has 1 aromatic carbocycles. The van der Waals surface area contributed by atoms with Crippen LogP contribution in [0.4, 0.5) is 0 Å². The molecular formula is C14H15N3S. The number of aliphatic imine (C=N–C) groups is 1. The van der Waals surface area contributed by atoms with Gasteiger partial charge in [-0.15, -0.1) is 11.8 Å². The molecule has 2 heterocycles. The highest BCUT2D eigenvalue weighted by molar-refractivity contribution is 8.14. The van der Waals surface area contributed by atoms with Gasteiger partial charge in [-0.05, 0) is 12.0 Å². The van der Waals surface area contributed by atoms with Crippen molar-refractivity contribution >= 4 is 16.8 Å². The zero-order valence-electron chi connectivity index (χ0n) is 10.3. The molecule has 0 spiro atoms. The first-order chi connectivity index (χ1) is 8.83. The SMILES string of the molecule is Cn1cncc1C1=NC(Cc2ccccc2)CS1. The number of imidazole rings is 1. The monoisotopic (exact) mass is 257 g/mol. The second kappa shape index (κ2) is 4.98. The minimum absolute atomic E-state index is 0.391. The van der Waals surface area contributed by atoms with Gasteiger partial charge in [0.2, 0.25) is 0 Å². The molecule has 1 atom stereocenters. The fraction of sp³-hybridized carbons (Fsp3) is 0.286. The third-order valence-corrected chi connectivity index (χ3v) is 4.20. The third-order valence-electron chi connectivity index (χ3n) is 3.06. The first-order valence-electron chi connectivity index (χ1n) is 6.04. The fourth-order valence-electron chi connectivity index (χ4n) is 2.11. The molecule has 0 N–H and O–H groups in total. The Morgan fingerprint density at radius 2 is 2.17 bits per heavy atom. The van der Waals surface area contributed by atoms with E-state index in [1.807, 2.05) is 35.9 Å². The van der Waals surface area contributed by atoms with E-state index < -0.39 is 0 Å². The molecule has 1 aliphatic heterocycles. The molecule has 4 heteroatoms. The molecule has 0 saturated heterocycles. The van der Waals surface area contributed by atoms with Crippen LogP contribution in [0.5, 0.6) is 0 Å². The van der Waals surface area contributed by atoms with Gasteiger partial charge in [-0.1, -0.05) is 30.3 Å². The van der Waals surface area contributed by atoms with Gasteiger partial charge < -0.3 is 4.57 Å². The van der Waals surface area contributed by atoms with Crippen LogP contribution in [0, 0.1) is 0 Å². The average Bonchev–Trinajstić information content (AvgIpc) is 2.99. The molecule has 2 aromatic rings. The lowest BCUT2D eigenvalue weighted by molar-refractivity contribution is 0.761. The number of hydrogen-bond donors (Lipinski definition) is 0. The normalized spacial score (nSPS) is 18.9. The number of thioether (sulfide) groups is 1. The summed E-state index contributed by atoms with van der Waals surface area (Å²) in [6, 6.07) is 11.0. The molecular weight excluding hydrogens is 242 g/mol. The summed E-state index contributed by atoms with van der Waals surface area (Å²) in [6.07, 6.45) is 4.73. The molecule has 18 heavy (non-hydrogen) atoms. The van der Waals surface area contributed by atoms with Crippen LogP contribution in [-0.2, 0) is 13.5 Å². The molecule has 3 rings (SSSR count).